The second-order valence-corrected chi connectivity index (χ2v) is 6.56. The van der Waals surface area contributed by atoms with Crippen LogP contribution in [0.5, 0.6) is 5.88 Å². The van der Waals surface area contributed by atoms with Crippen LogP contribution in [0.4, 0.5) is 5.82 Å². The molecule has 0 radical (unpaired) electrons. The Bertz CT molecular complexity index is 445. The molecule has 2 unspecified atom stereocenters. The van der Waals surface area contributed by atoms with Gasteiger partial charge in [-0.3, -0.25) is 0 Å². The largest absolute Gasteiger partial charge is 0.474 e. The zero-order chi connectivity index (χ0) is 14.0. The maximum Gasteiger partial charge on any atom is 0.221 e. The maximum atomic E-state index is 6.14. The lowest BCUT2D eigenvalue weighted by atomic mass is 9.71. The van der Waals surface area contributed by atoms with Gasteiger partial charge in [0.1, 0.15) is 18.2 Å². The van der Waals surface area contributed by atoms with Crippen molar-refractivity contribution in [2.24, 2.45) is 11.3 Å². The Morgan fingerprint density at radius 1 is 1.32 bits per heavy atom. The van der Waals surface area contributed by atoms with E-state index in [1.807, 2.05) is 14.0 Å². The van der Waals surface area contributed by atoms with Crippen LogP contribution in [0.3, 0.4) is 0 Å². The lowest BCUT2D eigenvalue weighted by Crippen LogP contribution is -2.34. The highest BCUT2D eigenvalue weighted by atomic mass is 16.5. The van der Waals surface area contributed by atoms with Gasteiger partial charge in [-0.25, -0.2) is 9.97 Å². The summed E-state index contributed by atoms with van der Waals surface area (Å²) in [6.07, 6.45) is 5.30. The molecule has 1 N–H and O–H groups in total. The van der Waals surface area contributed by atoms with Crippen molar-refractivity contribution in [1.29, 1.82) is 0 Å². The Kier molecular flexibility index (Phi) is 3.97. The first-order valence-electron chi connectivity index (χ1n) is 7.07. The second kappa shape index (κ2) is 5.35. The number of aromatic nitrogens is 2. The normalized spacial score (nSPS) is 25.9. The average molecular weight is 263 g/mol. The Morgan fingerprint density at radius 2 is 2.05 bits per heavy atom. The van der Waals surface area contributed by atoms with Crippen LogP contribution in [-0.4, -0.2) is 23.1 Å². The number of hydrogen-bond acceptors (Lipinski definition) is 4. The van der Waals surface area contributed by atoms with E-state index in [0.29, 0.717) is 17.2 Å². The summed E-state index contributed by atoms with van der Waals surface area (Å²) in [5.74, 6) is 2.27. The molecule has 0 aromatic carbocycles. The lowest BCUT2D eigenvalue weighted by molar-refractivity contribution is 0.0527. The molecule has 2 rings (SSSR count). The highest BCUT2D eigenvalue weighted by Gasteiger charge is 2.33. The van der Waals surface area contributed by atoms with Gasteiger partial charge in [0.2, 0.25) is 5.88 Å². The number of nitrogens with one attached hydrogen (secondary N) is 1. The van der Waals surface area contributed by atoms with Crippen molar-refractivity contribution >= 4 is 5.82 Å². The van der Waals surface area contributed by atoms with E-state index in [9.17, 15) is 0 Å². The van der Waals surface area contributed by atoms with Crippen LogP contribution in [0.1, 0.15) is 45.6 Å². The summed E-state index contributed by atoms with van der Waals surface area (Å²) in [5, 5.41) is 3.07. The van der Waals surface area contributed by atoms with E-state index in [4.69, 9.17) is 4.74 Å². The molecule has 4 nitrogen and oxygen atoms in total. The number of anilines is 1. The molecule has 0 saturated heterocycles. The van der Waals surface area contributed by atoms with Crippen molar-refractivity contribution in [3.05, 3.63) is 11.9 Å². The summed E-state index contributed by atoms with van der Waals surface area (Å²) < 4.78 is 6.14. The zero-order valence-corrected chi connectivity index (χ0v) is 12.7. The molecule has 4 heteroatoms. The van der Waals surface area contributed by atoms with Gasteiger partial charge in [-0.1, -0.05) is 20.8 Å². The molecular formula is C15H25N3O. The molecule has 0 bridgehead atoms. The molecular weight excluding hydrogens is 238 g/mol. The van der Waals surface area contributed by atoms with Gasteiger partial charge in [0, 0.05) is 7.05 Å². The van der Waals surface area contributed by atoms with Crippen LogP contribution in [-0.2, 0) is 0 Å². The lowest BCUT2D eigenvalue weighted by Gasteiger charge is -2.38. The predicted molar refractivity (Wildman–Crippen MR) is 77.5 cm³/mol. The van der Waals surface area contributed by atoms with Crippen LogP contribution < -0.4 is 10.1 Å². The minimum Gasteiger partial charge on any atom is -0.474 e. The van der Waals surface area contributed by atoms with Gasteiger partial charge in [0.25, 0.3) is 0 Å². The summed E-state index contributed by atoms with van der Waals surface area (Å²) in [7, 11) is 1.87. The molecule has 1 heterocycles. The Balaban J connectivity index is 2.13. The molecule has 0 aliphatic heterocycles. The fraction of sp³-hybridized carbons (Fsp3) is 0.733. The van der Waals surface area contributed by atoms with Crippen molar-refractivity contribution in [3.8, 4) is 5.88 Å². The van der Waals surface area contributed by atoms with E-state index in [1.165, 1.54) is 6.42 Å². The number of rotatable bonds is 3. The first kappa shape index (κ1) is 14.1. The van der Waals surface area contributed by atoms with E-state index in [1.54, 1.807) is 6.33 Å². The van der Waals surface area contributed by atoms with Crippen LogP contribution in [0.25, 0.3) is 0 Å². The van der Waals surface area contributed by atoms with Crippen molar-refractivity contribution in [2.75, 3.05) is 12.4 Å². The molecule has 1 aliphatic rings. The highest BCUT2D eigenvalue weighted by Crippen LogP contribution is 2.40. The average Bonchev–Trinajstić information content (AvgIpc) is 2.29. The molecule has 1 aromatic heterocycles. The van der Waals surface area contributed by atoms with Gasteiger partial charge in [-0.15, -0.1) is 0 Å². The second-order valence-electron chi connectivity index (χ2n) is 6.56. The third-order valence-corrected chi connectivity index (χ3v) is 3.90. The van der Waals surface area contributed by atoms with Gasteiger partial charge >= 0.3 is 0 Å². The Morgan fingerprint density at radius 3 is 2.68 bits per heavy atom. The van der Waals surface area contributed by atoms with Gasteiger partial charge in [-0.05, 0) is 37.5 Å². The van der Waals surface area contributed by atoms with E-state index in [-0.39, 0.29) is 6.10 Å². The van der Waals surface area contributed by atoms with E-state index < -0.39 is 0 Å². The van der Waals surface area contributed by atoms with Crippen molar-refractivity contribution < 1.29 is 4.74 Å². The Hall–Kier alpha value is -1.32. The van der Waals surface area contributed by atoms with Crippen LogP contribution in [0.15, 0.2) is 6.33 Å². The molecule has 1 fully saturated rings. The SMILES string of the molecule is CNc1ncnc(OC2CC(C)CC(C)(C)C2)c1C. The first-order valence-corrected chi connectivity index (χ1v) is 7.07. The first-order chi connectivity index (χ1) is 8.91. The predicted octanol–water partition coefficient (Wildman–Crippen LogP) is 3.42. The topological polar surface area (TPSA) is 47.0 Å². The minimum atomic E-state index is 0.261. The standard InChI is InChI=1S/C15H25N3O/c1-10-6-12(8-15(3,4)7-10)19-14-11(2)13(16-5)17-9-18-14/h9-10,12H,6-8H2,1-5H3,(H,16,17,18). The summed E-state index contributed by atoms with van der Waals surface area (Å²) in [6.45, 7) is 8.96. The van der Waals surface area contributed by atoms with Crippen LogP contribution >= 0.6 is 0 Å². The Labute approximate surface area is 116 Å². The molecule has 0 amide bonds. The van der Waals surface area contributed by atoms with Crippen molar-refractivity contribution in [3.63, 3.8) is 0 Å². The van der Waals surface area contributed by atoms with Gasteiger partial charge in [0.15, 0.2) is 0 Å². The fourth-order valence-corrected chi connectivity index (χ4v) is 3.31. The summed E-state index contributed by atoms with van der Waals surface area (Å²) >= 11 is 0. The fourth-order valence-electron chi connectivity index (χ4n) is 3.31. The molecule has 1 saturated carbocycles. The quantitative estimate of drug-likeness (QED) is 0.907. The molecule has 19 heavy (non-hydrogen) atoms. The summed E-state index contributed by atoms with van der Waals surface area (Å²) in [4.78, 5) is 8.47. The third-order valence-electron chi connectivity index (χ3n) is 3.90. The molecule has 1 aliphatic carbocycles. The van der Waals surface area contributed by atoms with Crippen molar-refractivity contribution in [1.82, 2.24) is 9.97 Å². The molecule has 0 spiro atoms. The molecule has 1 aromatic rings. The maximum absolute atomic E-state index is 6.14. The minimum absolute atomic E-state index is 0.261. The van der Waals surface area contributed by atoms with E-state index >= 15 is 0 Å². The number of ether oxygens (including phenoxy) is 1. The zero-order valence-electron chi connectivity index (χ0n) is 12.7. The van der Waals surface area contributed by atoms with Crippen molar-refractivity contribution in [2.45, 2.75) is 53.1 Å². The van der Waals surface area contributed by atoms with Gasteiger partial charge < -0.3 is 10.1 Å². The van der Waals surface area contributed by atoms with Crippen LogP contribution in [0, 0.1) is 18.3 Å². The number of hydrogen-bond donors (Lipinski definition) is 1. The van der Waals surface area contributed by atoms with E-state index in [0.717, 1.165) is 24.2 Å². The van der Waals surface area contributed by atoms with Crippen LogP contribution in [0.2, 0.25) is 0 Å². The smallest absolute Gasteiger partial charge is 0.221 e. The summed E-state index contributed by atoms with van der Waals surface area (Å²) in [5.41, 5.74) is 1.34. The third kappa shape index (κ3) is 3.37. The summed E-state index contributed by atoms with van der Waals surface area (Å²) in [6, 6.07) is 0. The molecule has 2 atom stereocenters. The monoisotopic (exact) mass is 263 g/mol. The van der Waals surface area contributed by atoms with Gasteiger partial charge in [-0.2, -0.15) is 0 Å². The van der Waals surface area contributed by atoms with Gasteiger partial charge in [0.05, 0.1) is 5.56 Å². The van der Waals surface area contributed by atoms with E-state index in [2.05, 4.69) is 36.1 Å². The highest BCUT2D eigenvalue weighted by molar-refractivity contribution is 5.46. The molecule has 106 valence electrons. The number of nitrogens with zero attached hydrogens (tertiary/aromatic N) is 2.